The highest BCUT2D eigenvalue weighted by Crippen LogP contribution is 2.31. The molecule has 0 radical (unpaired) electrons. The maximum atomic E-state index is 10.6. The molecule has 0 fully saturated rings. The van der Waals surface area contributed by atoms with Gasteiger partial charge in [-0.1, -0.05) is 44.5 Å². The highest BCUT2D eigenvalue weighted by atomic mass is 35.5. The summed E-state index contributed by atoms with van der Waals surface area (Å²) >= 11 is 5.98. The lowest BCUT2D eigenvalue weighted by molar-refractivity contribution is 0.393. The Balaban J connectivity index is 2.08. The van der Waals surface area contributed by atoms with E-state index in [1.165, 1.54) is 4.80 Å². The molecule has 114 valence electrons. The van der Waals surface area contributed by atoms with Gasteiger partial charge in [0.05, 0.1) is 0 Å². The summed E-state index contributed by atoms with van der Waals surface area (Å²) in [6, 6.07) is 11.0. The normalized spacial score (nSPS) is 12.0. The van der Waals surface area contributed by atoms with Crippen LogP contribution in [0.1, 0.15) is 26.3 Å². The standard InChI is InChI=1S/C17H18ClN3O/c1-17(2,3)10-11-5-4-6-15(16(11)22)21-19-13-8-7-12(18)9-14(13)20-21/h4-9,22H,10H2,1-3H3. The molecule has 5 heteroatoms. The molecule has 22 heavy (non-hydrogen) atoms. The van der Waals surface area contributed by atoms with Gasteiger partial charge >= 0.3 is 0 Å². The topological polar surface area (TPSA) is 50.9 Å². The Morgan fingerprint density at radius 1 is 1.09 bits per heavy atom. The van der Waals surface area contributed by atoms with Crippen LogP contribution in [0.15, 0.2) is 36.4 Å². The van der Waals surface area contributed by atoms with Gasteiger partial charge in [0.15, 0.2) is 0 Å². The van der Waals surface area contributed by atoms with E-state index >= 15 is 0 Å². The maximum absolute atomic E-state index is 10.6. The van der Waals surface area contributed by atoms with E-state index in [-0.39, 0.29) is 11.2 Å². The third-order valence-electron chi connectivity index (χ3n) is 3.38. The number of halogens is 1. The zero-order valence-electron chi connectivity index (χ0n) is 12.8. The number of fused-ring (bicyclic) bond motifs is 1. The van der Waals surface area contributed by atoms with Crippen LogP contribution in [-0.2, 0) is 6.42 Å². The second-order valence-electron chi connectivity index (χ2n) is 6.64. The molecule has 0 atom stereocenters. The van der Waals surface area contributed by atoms with Crippen LogP contribution in [0.2, 0.25) is 5.02 Å². The molecule has 3 aromatic rings. The van der Waals surface area contributed by atoms with Crippen molar-refractivity contribution in [1.82, 2.24) is 15.0 Å². The van der Waals surface area contributed by atoms with Gasteiger partial charge in [-0.3, -0.25) is 0 Å². The quantitative estimate of drug-likeness (QED) is 0.764. The monoisotopic (exact) mass is 315 g/mol. The van der Waals surface area contributed by atoms with Crippen LogP contribution in [0.4, 0.5) is 0 Å². The summed E-state index contributed by atoms with van der Waals surface area (Å²) in [5, 5.41) is 20.0. The van der Waals surface area contributed by atoms with Gasteiger partial charge in [-0.2, -0.15) is 0 Å². The zero-order chi connectivity index (χ0) is 15.9. The second-order valence-corrected chi connectivity index (χ2v) is 7.08. The molecule has 0 spiro atoms. The van der Waals surface area contributed by atoms with Gasteiger partial charge in [0.1, 0.15) is 22.5 Å². The second kappa shape index (κ2) is 5.29. The summed E-state index contributed by atoms with van der Waals surface area (Å²) in [6.45, 7) is 6.42. The molecule has 0 aliphatic rings. The fourth-order valence-corrected chi connectivity index (χ4v) is 2.61. The first kappa shape index (κ1) is 14.9. The summed E-state index contributed by atoms with van der Waals surface area (Å²) in [5.41, 5.74) is 3.00. The van der Waals surface area contributed by atoms with Crippen molar-refractivity contribution in [2.75, 3.05) is 0 Å². The van der Waals surface area contributed by atoms with E-state index in [1.807, 2.05) is 24.3 Å². The van der Waals surface area contributed by atoms with Crippen molar-refractivity contribution in [3.8, 4) is 11.4 Å². The van der Waals surface area contributed by atoms with E-state index in [4.69, 9.17) is 11.6 Å². The largest absolute Gasteiger partial charge is 0.505 e. The first-order valence-electron chi connectivity index (χ1n) is 7.17. The number of aromatic nitrogens is 3. The average molecular weight is 316 g/mol. The smallest absolute Gasteiger partial charge is 0.146 e. The first-order valence-corrected chi connectivity index (χ1v) is 7.55. The van der Waals surface area contributed by atoms with Crippen molar-refractivity contribution < 1.29 is 5.11 Å². The number of benzene rings is 2. The average Bonchev–Trinajstić information content (AvgIpc) is 2.82. The molecular weight excluding hydrogens is 298 g/mol. The van der Waals surface area contributed by atoms with Crippen LogP contribution in [-0.4, -0.2) is 20.1 Å². The van der Waals surface area contributed by atoms with Crippen molar-refractivity contribution in [3.63, 3.8) is 0 Å². The van der Waals surface area contributed by atoms with Crippen molar-refractivity contribution in [1.29, 1.82) is 0 Å². The third-order valence-corrected chi connectivity index (χ3v) is 3.61. The predicted molar refractivity (Wildman–Crippen MR) is 88.7 cm³/mol. The molecule has 1 aromatic heterocycles. The molecule has 4 nitrogen and oxygen atoms in total. The molecule has 0 saturated carbocycles. The highest BCUT2D eigenvalue weighted by Gasteiger charge is 2.17. The van der Waals surface area contributed by atoms with E-state index in [1.54, 1.807) is 12.1 Å². The Morgan fingerprint density at radius 2 is 1.82 bits per heavy atom. The minimum atomic E-state index is 0.0892. The third kappa shape index (κ3) is 2.92. The maximum Gasteiger partial charge on any atom is 0.146 e. The van der Waals surface area contributed by atoms with Gasteiger partial charge in [0, 0.05) is 5.02 Å². The molecule has 0 aliphatic heterocycles. The number of aromatic hydroxyl groups is 1. The number of para-hydroxylation sites is 1. The van der Waals surface area contributed by atoms with Crippen LogP contribution < -0.4 is 0 Å². The van der Waals surface area contributed by atoms with Crippen LogP contribution in [0.25, 0.3) is 16.7 Å². The van der Waals surface area contributed by atoms with Gasteiger partial charge in [0.25, 0.3) is 0 Å². The summed E-state index contributed by atoms with van der Waals surface area (Å²) in [4.78, 5) is 1.46. The fourth-order valence-electron chi connectivity index (χ4n) is 2.45. The van der Waals surface area contributed by atoms with Crippen LogP contribution in [0.3, 0.4) is 0 Å². The van der Waals surface area contributed by atoms with Gasteiger partial charge < -0.3 is 5.11 Å². The van der Waals surface area contributed by atoms with Crippen LogP contribution in [0.5, 0.6) is 5.75 Å². The number of hydrogen-bond donors (Lipinski definition) is 1. The SMILES string of the molecule is CC(C)(C)Cc1cccc(-n2nc3ccc(Cl)cc3n2)c1O. The molecular formula is C17H18ClN3O. The zero-order valence-corrected chi connectivity index (χ0v) is 13.6. The number of rotatable bonds is 2. The van der Waals surface area contributed by atoms with E-state index in [0.29, 0.717) is 16.2 Å². The molecule has 0 saturated heterocycles. The van der Waals surface area contributed by atoms with E-state index in [0.717, 1.165) is 17.5 Å². The van der Waals surface area contributed by atoms with Crippen molar-refractivity contribution >= 4 is 22.6 Å². The first-order chi connectivity index (χ1) is 10.3. The molecule has 0 amide bonds. The lowest BCUT2D eigenvalue weighted by atomic mass is 9.87. The Kier molecular flexibility index (Phi) is 3.57. The Morgan fingerprint density at radius 3 is 2.55 bits per heavy atom. The minimum Gasteiger partial charge on any atom is -0.505 e. The van der Waals surface area contributed by atoms with Gasteiger partial charge in [-0.05, 0) is 41.7 Å². The Bertz CT molecular complexity index is 834. The summed E-state index contributed by atoms with van der Waals surface area (Å²) in [5.74, 6) is 0.226. The Hall–Kier alpha value is -2.07. The molecule has 1 heterocycles. The van der Waals surface area contributed by atoms with Gasteiger partial charge in [-0.15, -0.1) is 15.0 Å². The van der Waals surface area contributed by atoms with E-state index < -0.39 is 0 Å². The van der Waals surface area contributed by atoms with Crippen LogP contribution >= 0.6 is 11.6 Å². The van der Waals surface area contributed by atoms with E-state index in [2.05, 4.69) is 31.0 Å². The number of nitrogens with zero attached hydrogens (tertiary/aromatic N) is 3. The molecule has 0 bridgehead atoms. The molecule has 0 aliphatic carbocycles. The number of phenolic OH excluding ortho intramolecular Hbond substituents is 1. The number of hydrogen-bond acceptors (Lipinski definition) is 3. The van der Waals surface area contributed by atoms with Gasteiger partial charge in [-0.25, -0.2) is 0 Å². The molecule has 1 N–H and O–H groups in total. The minimum absolute atomic E-state index is 0.0892. The van der Waals surface area contributed by atoms with Crippen LogP contribution in [0, 0.1) is 5.41 Å². The lowest BCUT2D eigenvalue weighted by Gasteiger charge is -2.19. The summed E-state index contributed by atoms with van der Waals surface area (Å²) in [7, 11) is 0. The molecule has 3 rings (SSSR count). The molecule has 0 unspecified atom stereocenters. The van der Waals surface area contributed by atoms with Crippen molar-refractivity contribution in [2.24, 2.45) is 5.41 Å². The van der Waals surface area contributed by atoms with E-state index in [9.17, 15) is 5.11 Å². The Labute approximate surface area is 134 Å². The summed E-state index contributed by atoms with van der Waals surface area (Å²) < 4.78 is 0. The predicted octanol–water partition coefficient (Wildman–Crippen LogP) is 4.37. The highest BCUT2D eigenvalue weighted by molar-refractivity contribution is 6.31. The lowest BCUT2D eigenvalue weighted by Crippen LogP contribution is -2.10. The van der Waals surface area contributed by atoms with Gasteiger partial charge in [0.2, 0.25) is 0 Å². The molecule has 2 aromatic carbocycles. The van der Waals surface area contributed by atoms with Crippen molar-refractivity contribution in [3.05, 3.63) is 47.0 Å². The van der Waals surface area contributed by atoms with Crippen molar-refractivity contribution in [2.45, 2.75) is 27.2 Å². The summed E-state index contributed by atoms with van der Waals surface area (Å²) in [6.07, 6.45) is 0.777. The number of phenols is 1. The fraction of sp³-hybridized carbons (Fsp3) is 0.294.